The summed E-state index contributed by atoms with van der Waals surface area (Å²) in [5.74, 6) is -1.14. The Morgan fingerprint density at radius 2 is 1.80 bits per heavy atom. The lowest BCUT2D eigenvalue weighted by atomic mass is 10.0. The highest BCUT2D eigenvalue weighted by Crippen LogP contribution is 2.16. The molecule has 0 spiro atoms. The Bertz CT molecular complexity index is 593. The number of rotatable bonds is 11. The molecule has 0 aliphatic carbocycles. The second kappa shape index (κ2) is 11.4. The zero-order chi connectivity index (χ0) is 18.7. The van der Waals surface area contributed by atoms with Gasteiger partial charge in [0.05, 0.1) is 6.61 Å². The molecule has 0 aromatic rings. The maximum absolute atomic E-state index is 11.3. The largest absolute Gasteiger partial charge is 0.478 e. The molecule has 25 heavy (non-hydrogen) atoms. The number of ether oxygens (including phenoxy) is 1. The van der Waals surface area contributed by atoms with E-state index < -0.39 is 5.97 Å². The Balaban J connectivity index is 2.38. The van der Waals surface area contributed by atoms with Gasteiger partial charge in [0.25, 0.3) is 0 Å². The standard InChI is InChI=1S/C20H28O5/c1-15(6-3-9-17-12-19(22)25-14-17)7-4-10-18(20(23)24)11-5-8-16(2)13-21/h6,8,10,12,21H,3-5,7,9,11,13-14H2,1-2H3,(H,23,24)/b15-6+,16-8-,18-10-. The summed E-state index contributed by atoms with van der Waals surface area (Å²) in [6, 6.07) is 0. The molecule has 0 aromatic heterocycles. The molecule has 138 valence electrons. The van der Waals surface area contributed by atoms with Crippen LogP contribution in [0.4, 0.5) is 0 Å². The highest BCUT2D eigenvalue weighted by atomic mass is 16.5. The Hall–Kier alpha value is -2.14. The van der Waals surface area contributed by atoms with Gasteiger partial charge in [-0.05, 0) is 57.9 Å². The molecule has 1 aliphatic rings. The Labute approximate surface area is 149 Å². The molecule has 1 heterocycles. The van der Waals surface area contributed by atoms with Crippen LogP contribution in [0.1, 0.15) is 52.4 Å². The van der Waals surface area contributed by atoms with Crippen LogP contribution in [0.3, 0.4) is 0 Å². The molecule has 1 rings (SSSR count). The number of carbonyl (C=O) groups excluding carboxylic acids is 1. The number of carboxylic acid groups (broad SMARTS) is 1. The van der Waals surface area contributed by atoms with Gasteiger partial charge in [-0.1, -0.05) is 29.4 Å². The minimum atomic E-state index is -0.880. The van der Waals surface area contributed by atoms with Crippen LogP contribution < -0.4 is 0 Å². The molecule has 1 aliphatic heterocycles. The second-order valence-electron chi connectivity index (χ2n) is 6.32. The van der Waals surface area contributed by atoms with Crippen molar-refractivity contribution >= 4 is 11.9 Å². The summed E-state index contributed by atoms with van der Waals surface area (Å²) in [4.78, 5) is 22.2. The second-order valence-corrected chi connectivity index (χ2v) is 6.32. The van der Waals surface area contributed by atoms with Gasteiger partial charge in [0, 0.05) is 11.6 Å². The van der Waals surface area contributed by atoms with Gasteiger partial charge in [0.2, 0.25) is 0 Å². The van der Waals surface area contributed by atoms with Crippen LogP contribution in [-0.2, 0) is 14.3 Å². The first-order valence-electron chi connectivity index (χ1n) is 8.63. The lowest BCUT2D eigenvalue weighted by molar-refractivity contribution is -0.135. The number of aliphatic hydroxyl groups excluding tert-OH is 1. The van der Waals surface area contributed by atoms with E-state index in [2.05, 4.69) is 6.08 Å². The van der Waals surface area contributed by atoms with Crippen molar-refractivity contribution in [3.63, 3.8) is 0 Å². The maximum atomic E-state index is 11.3. The minimum absolute atomic E-state index is 0.00724. The van der Waals surface area contributed by atoms with E-state index >= 15 is 0 Å². The van der Waals surface area contributed by atoms with Crippen molar-refractivity contribution in [1.82, 2.24) is 0 Å². The number of hydrogen-bond donors (Lipinski definition) is 2. The number of allylic oxidation sites excluding steroid dienone is 4. The molecule has 0 bridgehead atoms. The number of aliphatic carboxylic acids is 1. The Kier molecular flexibility index (Phi) is 9.55. The van der Waals surface area contributed by atoms with Crippen LogP contribution >= 0.6 is 0 Å². The third-order valence-electron chi connectivity index (χ3n) is 4.04. The summed E-state index contributed by atoms with van der Waals surface area (Å²) in [7, 11) is 0. The molecule has 5 nitrogen and oxygen atoms in total. The van der Waals surface area contributed by atoms with Gasteiger partial charge in [-0.25, -0.2) is 9.59 Å². The number of cyclic esters (lactones) is 1. The topological polar surface area (TPSA) is 83.8 Å². The molecule has 5 heteroatoms. The average molecular weight is 348 g/mol. The smallest absolute Gasteiger partial charge is 0.331 e. The summed E-state index contributed by atoms with van der Waals surface area (Å²) < 4.78 is 4.86. The van der Waals surface area contributed by atoms with Crippen LogP contribution in [0, 0.1) is 0 Å². The summed E-state index contributed by atoms with van der Waals surface area (Å²) >= 11 is 0. The SMILES string of the molecule is C/C(=C/CC/C(=C/CC/C(C)=C/CCC1=CC(=O)OC1)C(=O)O)CO. The van der Waals surface area contributed by atoms with Crippen LogP contribution in [0.15, 0.2) is 46.6 Å². The van der Waals surface area contributed by atoms with Crippen molar-refractivity contribution in [3.8, 4) is 0 Å². The first-order chi connectivity index (χ1) is 11.9. The van der Waals surface area contributed by atoms with E-state index in [0.717, 1.165) is 30.4 Å². The predicted molar refractivity (Wildman–Crippen MR) is 97.1 cm³/mol. The van der Waals surface area contributed by atoms with Crippen molar-refractivity contribution in [3.05, 3.63) is 46.6 Å². The molecular formula is C20H28O5. The van der Waals surface area contributed by atoms with Crippen LogP contribution in [0.5, 0.6) is 0 Å². The Morgan fingerprint density at radius 1 is 1.12 bits per heavy atom. The van der Waals surface area contributed by atoms with Gasteiger partial charge >= 0.3 is 11.9 Å². The van der Waals surface area contributed by atoms with E-state index in [1.165, 1.54) is 5.57 Å². The van der Waals surface area contributed by atoms with Crippen molar-refractivity contribution in [1.29, 1.82) is 0 Å². The van der Waals surface area contributed by atoms with E-state index in [4.69, 9.17) is 9.84 Å². The first kappa shape index (κ1) is 20.9. The number of aliphatic hydroxyl groups is 1. The number of esters is 1. The lowest BCUT2D eigenvalue weighted by Gasteiger charge is -2.03. The molecule has 2 N–H and O–H groups in total. The van der Waals surface area contributed by atoms with E-state index in [9.17, 15) is 14.7 Å². The molecule has 0 atom stereocenters. The van der Waals surface area contributed by atoms with Gasteiger partial charge in [-0.3, -0.25) is 0 Å². The molecule has 0 radical (unpaired) electrons. The zero-order valence-corrected chi connectivity index (χ0v) is 15.1. The van der Waals surface area contributed by atoms with Gasteiger partial charge in [0.1, 0.15) is 6.61 Å². The molecule has 0 unspecified atom stereocenters. The van der Waals surface area contributed by atoms with Crippen LogP contribution in [0.25, 0.3) is 0 Å². The molecular weight excluding hydrogens is 320 g/mol. The fourth-order valence-electron chi connectivity index (χ4n) is 2.47. The molecule has 0 amide bonds. The number of hydrogen-bond acceptors (Lipinski definition) is 4. The maximum Gasteiger partial charge on any atom is 0.331 e. The normalized spacial score (nSPS) is 16.0. The zero-order valence-electron chi connectivity index (χ0n) is 15.1. The molecule has 0 aromatic carbocycles. The summed E-state index contributed by atoms with van der Waals surface area (Å²) in [5.41, 5.74) is 3.51. The minimum Gasteiger partial charge on any atom is -0.478 e. The average Bonchev–Trinajstić information content (AvgIpc) is 2.98. The number of carboxylic acids is 1. The fraction of sp³-hybridized carbons (Fsp3) is 0.500. The first-order valence-corrected chi connectivity index (χ1v) is 8.63. The van der Waals surface area contributed by atoms with E-state index in [0.29, 0.717) is 31.4 Å². The van der Waals surface area contributed by atoms with E-state index in [1.54, 1.807) is 12.2 Å². The van der Waals surface area contributed by atoms with Crippen molar-refractivity contribution < 1.29 is 24.5 Å². The van der Waals surface area contributed by atoms with Gasteiger partial charge in [-0.15, -0.1) is 0 Å². The lowest BCUT2D eigenvalue weighted by Crippen LogP contribution is -2.00. The summed E-state index contributed by atoms with van der Waals surface area (Å²) in [5, 5.41) is 18.2. The van der Waals surface area contributed by atoms with Crippen molar-refractivity contribution in [2.24, 2.45) is 0 Å². The Morgan fingerprint density at radius 3 is 2.40 bits per heavy atom. The molecule has 0 saturated heterocycles. The number of carbonyl (C=O) groups is 2. The van der Waals surface area contributed by atoms with E-state index in [-0.39, 0.29) is 12.6 Å². The molecule has 0 saturated carbocycles. The van der Waals surface area contributed by atoms with Crippen LogP contribution in [0.2, 0.25) is 0 Å². The van der Waals surface area contributed by atoms with Gasteiger partial charge in [-0.2, -0.15) is 0 Å². The highest BCUT2D eigenvalue weighted by Gasteiger charge is 2.11. The fourth-order valence-corrected chi connectivity index (χ4v) is 2.47. The summed E-state index contributed by atoms with van der Waals surface area (Å²) in [6.45, 7) is 4.27. The van der Waals surface area contributed by atoms with Crippen molar-refractivity contribution in [2.45, 2.75) is 52.4 Å². The van der Waals surface area contributed by atoms with Crippen molar-refractivity contribution in [2.75, 3.05) is 13.2 Å². The monoisotopic (exact) mass is 348 g/mol. The predicted octanol–water partition coefficient (Wildman–Crippen LogP) is 3.71. The van der Waals surface area contributed by atoms with Gasteiger partial charge < -0.3 is 14.9 Å². The van der Waals surface area contributed by atoms with E-state index in [1.807, 2.05) is 19.9 Å². The van der Waals surface area contributed by atoms with Gasteiger partial charge in [0.15, 0.2) is 0 Å². The summed E-state index contributed by atoms with van der Waals surface area (Å²) in [6.07, 6.45) is 11.6. The molecule has 0 fully saturated rings. The third kappa shape index (κ3) is 9.05. The third-order valence-corrected chi connectivity index (χ3v) is 4.04. The van der Waals surface area contributed by atoms with Crippen LogP contribution in [-0.4, -0.2) is 35.4 Å². The highest BCUT2D eigenvalue weighted by molar-refractivity contribution is 5.86. The quantitative estimate of drug-likeness (QED) is 0.338.